The van der Waals surface area contributed by atoms with Gasteiger partial charge in [0.2, 0.25) is 17.7 Å². The van der Waals surface area contributed by atoms with Crippen molar-refractivity contribution >= 4 is 46.6 Å². The molecule has 11 nitrogen and oxygen atoms in total. The van der Waals surface area contributed by atoms with E-state index < -0.39 is 36.4 Å². The number of carbonyl (C=O) groups is 6. The maximum atomic E-state index is 13.2. The number of hydrogen-bond acceptors (Lipinski definition) is 9. The molecular weight excluding hydrogens is 524 g/mol. The predicted octanol–water partition coefficient (Wildman–Crippen LogP) is 2.01. The summed E-state index contributed by atoms with van der Waals surface area (Å²) in [7, 11) is 0. The lowest BCUT2D eigenvalue weighted by Gasteiger charge is -2.36. The summed E-state index contributed by atoms with van der Waals surface area (Å²) in [5.41, 5.74) is 2.95. The molecule has 1 aromatic heterocycles. The zero-order valence-corrected chi connectivity index (χ0v) is 23.9. The van der Waals surface area contributed by atoms with Gasteiger partial charge in [0.25, 0.3) is 0 Å². The molecule has 1 aliphatic heterocycles. The van der Waals surface area contributed by atoms with Gasteiger partial charge in [-0.15, -0.1) is 11.3 Å². The number of esters is 1. The van der Waals surface area contributed by atoms with Crippen LogP contribution >= 0.6 is 11.3 Å². The molecule has 1 fully saturated rings. The van der Waals surface area contributed by atoms with Crippen molar-refractivity contribution in [2.24, 2.45) is 11.8 Å². The number of ketones is 2. The summed E-state index contributed by atoms with van der Waals surface area (Å²) < 4.78 is 5.08. The van der Waals surface area contributed by atoms with Crippen molar-refractivity contribution < 1.29 is 33.5 Å². The minimum atomic E-state index is -0.924. The molecule has 12 heteroatoms. The molecule has 0 bridgehead atoms. The Morgan fingerprint density at radius 1 is 1.10 bits per heavy atom. The number of amides is 3. The van der Waals surface area contributed by atoms with E-state index >= 15 is 0 Å². The first-order chi connectivity index (χ1) is 18.5. The number of nitrogens with one attached hydrogen (secondary N) is 3. The highest BCUT2D eigenvalue weighted by molar-refractivity contribution is 7.12. The molecule has 2 unspecified atom stereocenters. The van der Waals surface area contributed by atoms with Crippen LogP contribution in [0.25, 0.3) is 0 Å². The highest BCUT2D eigenvalue weighted by Gasteiger charge is 2.35. The van der Waals surface area contributed by atoms with E-state index in [9.17, 15) is 28.8 Å². The van der Waals surface area contributed by atoms with Crippen LogP contribution in [-0.2, 0) is 28.7 Å². The first-order valence-corrected chi connectivity index (χ1v) is 14.2. The largest absolute Gasteiger partial charge is 0.458 e. The number of thiophene rings is 1. The number of carbonyl (C=O) groups excluding carboxylic acids is 6. The second-order valence-electron chi connectivity index (χ2n) is 10.3. The maximum Gasteiger partial charge on any atom is 0.306 e. The summed E-state index contributed by atoms with van der Waals surface area (Å²) >= 11 is 1.29. The monoisotopic (exact) mass is 564 g/mol. The zero-order chi connectivity index (χ0) is 28.9. The minimum absolute atomic E-state index is 0.0160. The van der Waals surface area contributed by atoms with Gasteiger partial charge in [-0.3, -0.25) is 33.8 Å². The molecule has 2 heterocycles. The normalized spacial score (nSPS) is 16.1. The van der Waals surface area contributed by atoms with Crippen molar-refractivity contribution in [3.63, 3.8) is 0 Å². The Morgan fingerprint density at radius 3 is 2.49 bits per heavy atom. The van der Waals surface area contributed by atoms with Gasteiger partial charge in [-0.05, 0) is 36.1 Å². The van der Waals surface area contributed by atoms with Crippen molar-refractivity contribution in [1.82, 2.24) is 21.1 Å². The van der Waals surface area contributed by atoms with E-state index in [1.807, 2.05) is 13.8 Å². The molecule has 0 spiro atoms. The van der Waals surface area contributed by atoms with E-state index in [0.29, 0.717) is 30.7 Å². The van der Waals surface area contributed by atoms with Gasteiger partial charge in [-0.25, -0.2) is 5.43 Å². The van der Waals surface area contributed by atoms with Crippen molar-refractivity contribution in [3.8, 4) is 0 Å². The molecule has 39 heavy (non-hydrogen) atoms. The van der Waals surface area contributed by atoms with E-state index in [-0.39, 0.29) is 55.2 Å². The van der Waals surface area contributed by atoms with Crippen LogP contribution in [-0.4, -0.2) is 72.0 Å². The van der Waals surface area contributed by atoms with Gasteiger partial charge in [0.05, 0.1) is 17.3 Å². The maximum absolute atomic E-state index is 13.2. The molecule has 3 amide bonds. The van der Waals surface area contributed by atoms with E-state index in [0.717, 1.165) is 0 Å². The van der Waals surface area contributed by atoms with Crippen LogP contribution in [0.4, 0.5) is 0 Å². The van der Waals surface area contributed by atoms with Gasteiger partial charge < -0.3 is 15.4 Å². The summed E-state index contributed by atoms with van der Waals surface area (Å²) in [5, 5.41) is 8.49. The van der Waals surface area contributed by atoms with Crippen molar-refractivity contribution in [2.75, 3.05) is 19.7 Å². The zero-order valence-electron chi connectivity index (χ0n) is 23.1. The number of ether oxygens (including phenoxy) is 1. The molecule has 1 aliphatic rings. The Hall–Kier alpha value is -3.12. The third kappa shape index (κ3) is 10.9. The number of hydrazine groups is 1. The van der Waals surface area contributed by atoms with Gasteiger partial charge in [0, 0.05) is 32.4 Å². The van der Waals surface area contributed by atoms with E-state index in [1.165, 1.54) is 16.3 Å². The Balaban J connectivity index is 1.87. The van der Waals surface area contributed by atoms with Crippen LogP contribution in [0.3, 0.4) is 0 Å². The summed E-state index contributed by atoms with van der Waals surface area (Å²) in [6.45, 7) is 7.53. The van der Waals surface area contributed by atoms with Crippen molar-refractivity contribution in [1.29, 1.82) is 0 Å². The second kappa shape index (κ2) is 16.1. The number of nitrogens with zero attached hydrogens (tertiary/aromatic N) is 1. The highest BCUT2D eigenvalue weighted by atomic mass is 32.1. The van der Waals surface area contributed by atoms with E-state index in [2.05, 4.69) is 16.1 Å². The smallest absolute Gasteiger partial charge is 0.306 e. The Morgan fingerprint density at radius 2 is 1.85 bits per heavy atom. The second-order valence-corrected chi connectivity index (χ2v) is 11.2. The van der Waals surface area contributed by atoms with Crippen LogP contribution in [0.5, 0.6) is 0 Å². The van der Waals surface area contributed by atoms with Gasteiger partial charge >= 0.3 is 5.97 Å². The molecule has 0 saturated carbocycles. The fourth-order valence-corrected chi connectivity index (χ4v) is 4.77. The van der Waals surface area contributed by atoms with Crippen LogP contribution in [0.15, 0.2) is 17.5 Å². The third-order valence-electron chi connectivity index (χ3n) is 6.11. The van der Waals surface area contributed by atoms with E-state index in [4.69, 9.17) is 4.74 Å². The Bertz CT molecular complexity index is 1010. The van der Waals surface area contributed by atoms with E-state index in [1.54, 1.807) is 31.4 Å². The van der Waals surface area contributed by atoms with Crippen molar-refractivity contribution in [2.45, 2.75) is 78.3 Å². The number of hydrogen-bond donors (Lipinski definition) is 3. The minimum Gasteiger partial charge on any atom is -0.458 e. The molecule has 0 radical (unpaired) electrons. The summed E-state index contributed by atoms with van der Waals surface area (Å²) in [5.74, 6) is -2.36. The molecule has 2 atom stereocenters. The molecule has 2 rings (SSSR count). The first kappa shape index (κ1) is 32.1. The SMILES string of the molecule is CC(C)CC(=O)NCCC(=O)N1NCCCC1C(=O)NC(C(=O)COC(=O)CCC(=O)c1cccs1)C(C)C. The van der Waals surface area contributed by atoms with Crippen LogP contribution < -0.4 is 16.1 Å². The molecule has 0 aliphatic carbocycles. The quantitative estimate of drug-likeness (QED) is 0.216. The summed E-state index contributed by atoms with van der Waals surface area (Å²) in [6.07, 6.45) is 1.31. The third-order valence-corrected chi connectivity index (χ3v) is 7.02. The van der Waals surface area contributed by atoms with Crippen LogP contribution in [0.2, 0.25) is 0 Å². The van der Waals surface area contributed by atoms with Crippen molar-refractivity contribution in [3.05, 3.63) is 22.4 Å². The molecular formula is C27H40N4O7S. The molecule has 3 N–H and O–H groups in total. The highest BCUT2D eigenvalue weighted by Crippen LogP contribution is 2.15. The van der Waals surface area contributed by atoms with Gasteiger partial charge in [0.1, 0.15) is 6.04 Å². The molecule has 1 saturated heterocycles. The van der Waals surface area contributed by atoms with Gasteiger partial charge in [0.15, 0.2) is 18.2 Å². The topological polar surface area (TPSA) is 151 Å². The first-order valence-electron chi connectivity index (χ1n) is 13.4. The average Bonchev–Trinajstić information content (AvgIpc) is 3.43. The average molecular weight is 565 g/mol. The lowest BCUT2D eigenvalue weighted by Crippen LogP contribution is -2.61. The lowest BCUT2D eigenvalue weighted by molar-refractivity contribution is -0.150. The molecule has 216 valence electrons. The van der Waals surface area contributed by atoms with Gasteiger partial charge in [-0.2, -0.15) is 0 Å². The summed E-state index contributed by atoms with van der Waals surface area (Å²) in [6, 6.07) is 1.69. The number of rotatable bonds is 15. The summed E-state index contributed by atoms with van der Waals surface area (Å²) in [4.78, 5) is 75.4. The molecule has 0 aromatic carbocycles. The number of Topliss-reactive ketones (excluding diaryl/α,β-unsaturated/α-hetero) is 2. The molecule has 1 aromatic rings. The lowest BCUT2D eigenvalue weighted by atomic mass is 9.98. The van der Waals surface area contributed by atoms with Crippen LogP contribution in [0, 0.1) is 11.8 Å². The fourth-order valence-electron chi connectivity index (χ4n) is 4.07. The standard InChI is InChI=1S/C27H40N4O7S/c1-17(2)15-23(34)28-13-11-24(35)31-19(7-5-12-29-31)27(37)30-26(18(3)4)21(33)16-38-25(36)10-9-20(32)22-8-6-14-39-22/h6,8,14,17-19,26,29H,5,7,9-13,15-16H2,1-4H3,(H,28,34)(H,30,37). The predicted molar refractivity (Wildman–Crippen MR) is 146 cm³/mol. The van der Waals surface area contributed by atoms with Gasteiger partial charge in [-0.1, -0.05) is 33.8 Å². The van der Waals surface area contributed by atoms with Crippen LogP contribution in [0.1, 0.15) is 75.9 Å². The fraction of sp³-hybridized carbons (Fsp3) is 0.630. The Kier molecular flexibility index (Phi) is 13.2. The Labute approximate surface area is 233 Å².